The lowest BCUT2D eigenvalue weighted by Gasteiger charge is -2.38. The summed E-state index contributed by atoms with van der Waals surface area (Å²) in [6, 6.07) is 4.57. The lowest BCUT2D eigenvalue weighted by molar-refractivity contribution is -0.142. The van der Waals surface area contributed by atoms with Crippen molar-refractivity contribution in [3.05, 3.63) is 47.8 Å². The summed E-state index contributed by atoms with van der Waals surface area (Å²) in [6.07, 6.45) is -1.20. The van der Waals surface area contributed by atoms with Crippen molar-refractivity contribution >= 4 is 5.91 Å². The molecule has 0 N–H and O–H groups in total. The minimum Gasteiger partial charge on any atom is -0.339 e. The Morgan fingerprint density at radius 1 is 1.21 bits per heavy atom. The van der Waals surface area contributed by atoms with Crippen LogP contribution >= 0.6 is 0 Å². The van der Waals surface area contributed by atoms with Crippen molar-refractivity contribution in [2.75, 3.05) is 13.1 Å². The number of alkyl halides is 3. The number of aromatic nitrogens is 6. The highest BCUT2D eigenvalue weighted by atomic mass is 19.4. The zero-order valence-corrected chi connectivity index (χ0v) is 15.8. The number of hydrogen-bond acceptors (Lipinski definition) is 5. The van der Waals surface area contributed by atoms with Crippen molar-refractivity contribution in [3.8, 4) is 11.4 Å². The predicted molar refractivity (Wildman–Crippen MR) is 95.5 cm³/mol. The van der Waals surface area contributed by atoms with Crippen LogP contribution in [0.3, 0.4) is 0 Å². The van der Waals surface area contributed by atoms with Crippen LogP contribution in [0.25, 0.3) is 11.4 Å². The molecule has 4 heterocycles. The topological polar surface area (TPSA) is 81.7 Å². The summed E-state index contributed by atoms with van der Waals surface area (Å²) in [5.74, 6) is 1.09. The number of carbonyl (C=O) groups is 1. The number of carbonyl (C=O) groups excluding carboxylic acids is 1. The van der Waals surface area contributed by atoms with Crippen LogP contribution in [0.5, 0.6) is 0 Å². The van der Waals surface area contributed by atoms with Gasteiger partial charge in [0.05, 0.1) is 5.92 Å². The van der Waals surface area contributed by atoms with Gasteiger partial charge in [-0.15, -0.1) is 0 Å². The monoisotopic (exact) mass is 405 g/mol. The Bertz CT molecular complexity index is 1040. The van der Waals surface area contributed by atoms with Crippen LogP contribution < -0.4 is 0 Å². The fourth-order valence-electron chi connectivity index (χ4n) is 3.26. The molecule has 1 aliphatic heterocycles. The number of amides is 1. The molecule has 8 nitrogen and oxygen atoms in total. The molecule has 4 rings (SSSR count). The minimum absolute atomic E-state index is 0.0245. The van der Waals surface area contributed by atoms with E-state index in [-0.39, 0.29) is 24.1 Å². The number of halogens is 3. The average molecular weight is 405 g/mol. The van der Waals surface area contributed by atoms with E-state index in [9.17, 15) is 18.0 Å². The molecule has 0 atom stereocenters. The average Bonchev–Trinajstić information content (AvgIpc) is 3.18. The van der Waals surface area contributed by atoms with Crippen LogP contribution in [-0.2, 0) is 24.6 Å². The van der Waals surface area contributed by atoms with Gasteiger partial charge in [0.25, 0.3) is 0 Å². The first kappa shape index (κ1) is 19.1. The van der Waals surface area contributed by atoms with E-state index in [1.54, 1.807) is 29.0 Å². The molecule has 0 unspecified atom stereocenters. The Labute approximate surface area is 164 Å². The van der Waals surface area contributed by atoms with Gasteiger partial charge in [0.2, 0.25) is 5.91 Å². The van der Waals surface area contributed by atoms with Gasteiger partial charge in [-0.3, -0.25) is 19.1 Å². The second kappa shape index (κ2) is 6.98. The highest BCUT2D eigenvalue weighted by molar-refractivity contribution is 5.77. The molecular formula is C18H18F3N7O. The largest absolute Gasteiger partial charge is 0.435 e. The van der Waals surface area contributed by atoms with Gasteiger partial charge in [0.1, 0.15) is 12.4 Å². The number of pyridine rings is 1. The van der Waals surface area contributed by atoms with Crippen molar-refractivity contribution in [1.82, 2.24) is 34.4 Å². The fourth-order valence-corrected chi connectivity index (χ4v) is 3.26. The first-order valence-electron chi connectivity index (χ1n) is 8.93. The SMILES string of the molecule is Cc1cc(C(F)(F)F)nn1CC(=O)N1CC(c2nc(-c3ccncc3)nn2C)C1. The third-order valence-corrected chi connectivity index (χ3v) is 4.89. The summed E-state index contributed by atoms with van der Waals surface area (Å²) in [4.78, 5) is 22.6. The van der Waals surface area contributed by atoms with E-state index in [0.29, 0.717) is 18.9 Å². The number of aryl methyl sites for hydroxylation is 2. The minimum atomic E-state index is -4.53. The molecule has 1 saturated heterocycles. The van der Waals surface area contributed by atoms with Crippen molar-refractivity contribution in [2.45, 2.75) is 25.6 Å². The Hall–Kier alpha value is -3.24. The summed E-state index contributed by atoms with van der Waals surface area (Å²) < 4.78 is 41.1. The van der Waals surface area contributed by atoms with Crippen LogP contribution in [-0.4, -0.2) is 53.4 Å². The van der Waals surface area contributed by atoms with E-state index in [1.165, 1.54) is 6.92 Å². The van der Waals surface area contributed by atoms with Gasteiger partial charge >= 0.3 is 6.18 Å². The summed E-state index contributed by atoms with van der Waals surface area (Å²) >= 11 is 0. The van der Waals surface area contributed by atoms with Gasteiger partial charge in [0, 0.05) is 43.8 Å². The van der Waals surface area contributed by atoms with E-state index in [4.69, 9.17) is 0 Å². The Balaban J connectivity index is 1.40. The molecule has 152 valence electrons. The maximum absolute atomic E-state index is 12.8. The molecule has 0 radical (unpaired) electrons. The van der Waals surface area contributed by atoms with Crippen molar-refractivity contribution in [1.29, 1.82) is 0 Å². The highest BCUT2D eigenvalue weighted by Crippen LogP contribution is 2.29. The Morgan fingerprint density at radius 2 is 1.90 bits per heavy atom. The summed E-state index contributed by atoms with van der Waals surface area (Å²) in [5, 5.41) is 7.92. The number of rotatable bonds is 4. The van der Waals surface area contributed by atoms with Gasteiger partial charge in [-0.1, -0.05) is 0 Å². The summed E-state index contributed by atoms with van der Waals surface area (Å²) in [7, 11) is 1.79. The Morgan fingerprint density at radius 3 is 2.52 bits per heavy atom. The van der Waals surface area contributed by atoms with Crippen LogP contribution in [0, 0.1) is 6.92 Å². The fraction of sp³-hybridized carbons (Fsp3) is 0.389. The predicted octanol–water partition coefficient (Wildman–Crippen LogP) is 2.03. The van der Waals surface area contributed by atoms with E-state index >= 15 is 0 Å². The molecule has 3 aromatic heterocycles. The third kappa shape index (κ3) is 3.71. The molecule has 1 amide bonds. The second-order valence-corrected chi connectivity index (χ2v) is 6.98. The first-order valence-corrected chi connectivity index (χ1v) is 8.93. The molecule has 29 heavy (non-hydrogen) atoms. The molecular weight excluding hydrogens is 387 g/mol. The molecule has 0 spiro atoms. The normalized spacial score (nSPS) is 14.9. The third-order valence-electron chi connectivity index (χ3n) is 4.89. The second-order valence-electron chi connectivity index (χ2n) is 6.98. The first-order chi connectivity index (χ1) is 13.7. The lowest BCUT2D eigenvalue weighted by Crippen LogP contribution is -2.50. The van der Waals surface area contributed by atoms with E-state index in [0.717, 1.165) is 22.1 Å². The smallest absolute Gasteiger partial charge is 0.339 e. The molecule has 1 aliphatic rings. The maximum Gasteiger partial charge on any atom is 0.435 e. The molecule has 0 bridgehead atoms. The number of nitrogens with zero attached hydrogens (tertiary/aromatic N) is 7. The molecule has 1 fully saturated rings. The van der Waals surface area contributed by atoms with E-state index < -0.39 is 11.9 Å². The van der Waals surface area contributed by atoms with Gasteiger partial charge in [-0.25, -0.2) is 4.98 Å². The summed E-state index contributed by atoms with van der Waals surface area (Å²) in [6.45, 7) is 2.14. The Kier molecular flexibility index (Phi) is 4.59. The van der Waals surface area contributed by atoms with Gasteiger partial charge < -0.3 is 4.90 Å². The molecule has 0 aromatic carbocycles. The molecule has 0 aliphatic carbocycles. The van der Waals surface area contributed by atoms with E-state index in [2.05, 4.69) is 20.2 Å². The zero-order chi connectivity index (χ0) is 20.8. The van der Waals surface area contributed by atoms with Crippen molar-refractivity contribution in [3.63, 3.8) is 0 Å². The van der Waals surface area contributed by atoms with E-state index in [1.807, 2.05) is 12.1 Å². The standard InChI is InChI=1S/C18H18F3N7O/c1-11-7-14(18(19,20)21)24-28(11)10-15(29)27-8-13(9-27)17-23-16(25-26(17)2)12-3-5-22-6-4-12/h3-7,13H,8-10H2,1-2H3. The summed E-state index contributed by atoms with van der Waals surface area (Å²) in [5.41, 5.74) is 0.147. The quantitative estimate of drug-likeness (QED) is 0.664. The molecule has 11 heteroatoms. The highest BCUT2D eigenvalue weighted by Gasteiger charge is 2.37. The maximum atomic E-state index is 12.8. The molecule has 0 saturated carbocycles. The number of hydrogen-bond donors (Lipinski definition) is 0. The zero-order valence-electron chi connectivity index (χ0n) is 15.8. The van der Waals surface area contributed by atoms with Crippen molar-refractivity contribution < 1.29 is 18.0 Å². The van der Waals surface area contributed by atoms with Crippen LogP contribution in [0.15, 0.2) is 30.6 Å². The van der Waals surface area contributed by atoms with Crippen LogP contribution in [0.1, 0.15) is 23.1 Å². The van der Waals surface area contributed by atoms with Crippen LogP contribution in [0.4, 0.5) is 13.2 Å². The van der Waals surface area contributed by atoms with Gasteiger partial charge in [0.15, 0.2) is 11.5 Å². The van der Waals surface area contributed by atoms with Gasteiger partial charge in [-0.2, -0.15) is 23.4 Å². The number of likely N-dealkylation sites (tertiary alicyclic amines) is 1. The lowest BCUT2D eigenvalue weighted by atomic mass is 9.99. The van der Waals surface area contributed by atoms with Crippen LogP contribution in [0.2, 0.25) is 0 Å². The van der Waals surface area contributed by atoms with Gasteiger partial charge in [-0.05, 0) is 25.1 Å². The molecule has 3 aromatic rings. The van der Waals surface area contributed by atoms with Crippen molar-refractivity contribution in [2.24, 2.45) is 7.05 Å².